The standard InChI is InChI=1S/C12H17NO2S/c13-11(12-8-16-6-5-15-12)7-9-1-3-10(14)4-2-9/h1-4,11-12,14H,5-8,13H2. The van der Waals surface area contributed by atoms with Gasteiger partial charge in [-0.3, -0.25) is 0 Å². The number of benzene rings is 1. The molecule has 16 heavy (non-hydrogen) atoms. The number of rotatable bonds is 3. The van der Waals surface area contributed by atoms with Crippen molar-refractivity contribution in [2.75, 3.05) is 18.1 Å². The van der Waals surface area contributed by atoms with E-state index in [4.69, 9.17) is 10.5 Å². The molecule has 1 aliphatic heterocycles. The highest BCUT2D eigenvalue weighted by atomic mass is 32.2. The van der Waals surface area contributed by atoms with Gasteiger partial charge in [0.25, 0.3) is 0 Å². The van der Waals surface area contributed by atoms with E-state index >= 15 is 0 Å². The molecule has 0 spiro atoms. The van der Waals surface area contributed by atoms with Gasteiger partial charge in [0.2, 0.25) is 0 Å². The van der Waals surface area contributed by atoms with Crippen LogP contribution < -0.4 is 5.73 Å². The molecule has 2 unspecified atom stereocenters. The fourth-order valence-corrected chi connectivity index (χ4v) is 2.75. The number of phenols is 1. The van der Waals surface area contributed by atoms with Crippen LogP contribution in [-0.2, 0) is 11.2 Å². The molecule has 0 bridgehead atoms. The summed E-state index contributed by atoms with van der Waals surface area (Å²) in [5.41, 5.74) is 7.26. The van der Waals surface area contributed by atoms with Gasteiger partial charge in [0.15, 0.2) is 0 Å². The lowest BCUT2D eigenvalue weighted by Crippen LogP contribution is -2.42. The van der Waals surface area contributed by atoms with Crippen molar-refractivity contribution in [3.8, 4) is 5.75 Å². The molecule has 3 nitrogen and oxygen atoms in total. The van der Waals surface area contributed by atoms with Gasteiger partial charge in [-0.2, -0.15) is 11.8 Å². The molecule has 0 radical (unpaired) electrons. The van der Waals surface area contributed by atoms with Crippen LogP contribution in [0.1, 0.15) is 5.56 Å². The van der Waals surface area contributed by atoms with Crippen molar-refractivity contribution in [2.24, 2.45) is 5.73 Å². The van der Waals surface area contributed by atoms with E-state index in [-0.39, 0.29) is 12.1 Å². The first-order valence-electron chi connectivity index (χ1n) is 5.48. The van der Waals surface area contributed by atoms with Crippen LogP contribution in [-0.4, -0.2) is 35.4 Å². The van der Waals surface area contributed by atoms with Crippen molar-refractivity contribution in [2.45, 2.75) is 18.6 Å². The molecule has 1 fully saturated rings. The highest BCUT2D eigenvalue weighted by molar-refractivity contribution is 7.99. The van der Waals surface area contributed by atoms with Crippen LogP contribution in [0.2, 0.25) is 0 Å². The minimum Gasteiger partial charge on any atom is -0.508 e. The van der Waals surface area contributed by atoms with Crippen LogP contribution in [0, 0.1) is 0 Å². The van der Waals surface area contributed by atoms with Crippen molar-refractivity contribution in [1.29, 1.82) is 0 Å². The van der Waals surface area contributed by atoms with E-state index in [0.29, 0.717) is 5.75 Å². The number of ether oxygens (including phenoxy) is 1. The smallest absolute Gasteiger partial charge is 0.115 e. The van der Waals surface area contributed by atoms with E-state index in [0.717, 1.165) is 30.1 Å². The summed E-state index contributed by atoms with van der Waals surface area (Å²) >= 11 is 1.90. The Balaban J connectivity index is 1.90. The molecule has 2 atom stereocenters. The van der Waals surface area contributed by atoms with Crippen LogP contribution in [0.3, 0.4) is 0 Å². The van der Waals surface area contributed by atoms with Gasteiger partial charge in [0.1, 0.15) is 5.75 Å². The molecule has 1 aromatic carbocycles. The van der Waals surface area contributed by atoms with Gasteiger partial charge in [-0.25, -0.2) is 0 Å². The second kappa shape index (κ2) is 5.57. The average molecular weight is 239 g/mol. The SMILES string of the molecule is NC(Cc1ccc(O)cc1)C1CSCCO1. The monoisotopic (exact) mass is 239 g/mol. The third-order valence-corrected chi connectivity index (χ3v) is 3.75. The molecule has 0 amide bonds. The molecule has 0 aliphatic carbocycles. The predicted octanol–water partition coefficient (Wildman–Crippen LogP) is 1.39. The Hall–Kier alpha value is -0.710. The molecule has 1 aliphatic rings. The number of thioether (sulfide) groups is 1. The summed E-state index contributed by atoms with van der Waals surface area (Å²) in [7, 11) is 0. The maximum Gasteiger partial charge on any atom is 0.115 e. The Morgan fingerprint density at radius 1 is 1.44 bits per heavy atom. The minimum absolute atomic E-state index is 0.0392. The van der Waals surface area contributed by atoms with Gasteiger partial charge >= 0.3 is 0 Å². The fourth-order valence-electron chi connectivity index (χ4n) is 1.79. The molecular weight excluding hydrogens is 222 g/mol. The first-order chi connectivity index (χ1) is 7.75. The maximum atomic E-state index is 9.18. The van der Waals surface area contributed by atoms with Crippen molar-refractivity contribution < 1.29 is 9.84 Å². The van der Waals surface area contributed by atoms with E-state index in [1.54, 1.807) is 12.1 Å². The van der Waals surface area contributed by atoms with Gasteiger partial charge in [-0.15, -0.1) is 0 Å². The van der Waals surface area contributed by atoms with Crippen LogP contribution >= 0.6 is 11.8 Å². The lowest BCUT2D eigenvalue weighted by atomic mass is 10.0. The highest BCUT2D eigenvalue weighted by Gasteiger charge is 2.21. The van der Waals surface area contributed by atoms with Gasteiger partial charge in [0, 0.05) is 17.5 Å². The Morgan fingerprint density at radius 3 is 2.81 bits per heavy atom. The lowest BCUT2D eigenvalue weighted by Gasteiger charge is -2.27. The van der Waals surface area contributed by atoms with Crippen molar-refractivity contribution in [1.82, 2.24) is 0 Å². The third kappa shape index (κ3) is 3.14. The average Bonchev–Trinajstić information content (AvgIpc) is 2.33. The Morgan fingerprint density at radius 2 is 2.19 bits per heavy atom. The molecule has 1 heterocycles. The summed E-state index contributed by atoms with van der Waals surface area (Å²) in [4.78, 5) is 0. The van der Waals surface area contributed by atoms with Gasteiger partial charge in [0.05, 0.1) is 12.7 Å². The molecular formula is C12H17NO2S. The molecule has 2 rings (SSSR count). The van der Waals surface area contributed by atoms with Gasteiger partial charge in [-0.05, 0) is 24.1 Å². The molecule has 88 valence electrons. The second-order valence-corrected chi connectivity index (χ2v) is 5.17. The van der Waals surface area contributed by atoms with Crippen molar-refractivity contribution in [3.05, 3.63) is 29.8 Å². The zero-order valence-electron chi connectivity index (χ0n) is 9.13. The van der Waals surface area contributed by atoms with Crippen molar-refractivity contribution in [3.63, 3.8) is 0 Å². The first kappa shape index (κ1) is 11.8. The number of phenolic OH excluding ortho intramolecular Hbond substituents is 1. The maximum absolute atomic E-state index is 9.18. The van der Waals surface area contributed by atoms with Gasteiger partial charge in [-0.1, -0.05) is 12.1 Å². The summed E-state index contributed by atoms with van der Waals surface area (Å²) in [6.07, 6.45) is 0.957. The number of hydrogen-bond acceptors (Lipinski definition) is 4. The summed E-state index contributed by atoms with van der Waals surface area (Å²) in [5.74, 6) is 2.35. The zero-order valence-corrected chi connectivity index (χ0v) is 9.95. The van der Waals surface area contributed by atoms with Crippen LogP contribution in [0.15, 0.2) is 24.3 Å². The molecule has 1 aromatic rings. The van der Waals surface area contributed by atoms with E-state index in [1.807, 2.05) is 23.9 Å². The topological polar surface area (TPSA) is 55.5 Å². The molecule has 3 N–H and O–H groups in total. The number of hydrogen-bond donors (Lipinski definition) is 2. The van der Waals surface area contributed by atoms with E-state index < -0.39 is 0 Å². The first-order valence-corrected chi connectivity index (χ1v) is 6.64. The molecule has 4 heteroatoms. The largest absolute Gasteiger partial charge is 0.508 e. The van der Waals surface area contributed by atoms with Crippen LogP contribution in [0.25, 0.3) is 0 Å². The summed E-state index contributed by atoms with van der Waals surface area (Å²) < 4.78 is 5.64. The fraction of sp³-hybridized carbons (Fsp3) is 0.500. The highest BCUT2D eigenvalue weighted by Crippen LogP contribution is 2.18. The third-order valence-electron chi connectivity index (χ3n) is 2.73. The predicted molar refractivity (Wildman–Crippen MR) is 66.9 cm³/mol. The summed E-state index contributed by atoms with van der Waals surface area (Å²) in [5, 5.41) is 9.18. The van der Waals surface area contributed by atoms with Crippen LogP contribution in [0.4, 0.5) is 0 Å². The Bertz CT molecular complexity index is 322. The lowest BCUT2D eigenvalue weighted by molar-refractivity contribution is 0.0572. The Kier molecular flexibility index (Phi) is 4.09. The number of aromatic hydroxyl groups is 1. The second-order valence-electron chi connectivity index (χ2n) is 4.02. The van der Waals surface area contributed by atoms with Gasteiger partial charge < -0.3 is 15.6 Å². The summed E-state index contributed by atoms with van der Waals surface area (Å²) in [6.45, 7) is 0.804. The normalized spacial score (nSPS) is 22.9. The quantitative estimate of drug-likeness (QED) is 0.837. The molecule has 1 saturated heterocycles. The zero-order chi connectivity index (χ0) is 11.4. The van der Waals surface area contributed by atoms with Crippen molar-refractivity contribution >= 4 is 11.8 Å². The van der Waals surface area contributed by atoms with Crippen LogP contribution in [0.5, 0.6) is 5.75 Å². The van der Waals surface area contributed by atoms with E-state index in [1.165, 1.54) is 0 Å². The number of nitrogens with two attached hydrogens (primary N) is 1. The van der Waals surface area contributed by atoms with E-state index in [2.05, 4.69) is 0 Å². The van der Waals surface area contributed by atoms with E-state index in [9.17, 15) is 5.11 Å². The summed E-state index contributed by atoms with van der Waals surface area (Å²) in [6, 6.07) is 7.24. The molecule has 0 saturated carbocycles. The Labute approximate surface area is 100.0 Å². The molecule has 0 aromatic heterocycles. The minimum atomic E-state index is 0.0392.